The van der Waals surface area contributed by atoms with Crippen LogP contribution < -0.4 is 5.32 Å². The molecule has 1 aliphatic heterocycles. The fourth-order valence-electron chi connectivity index (χ4n) is 2.73. The molecule has 27 heavy (non-hydrogen) atoms. The third-order valence-electron chi connectivity index (χ3n) is 3.98. The van der Waals surface area contributed by atoms with E-state index in [1.807, 2.05) is 0 Å². The SMILES string of the molecule is C[C@@H](Nc1nnc(-c2ccc(F)cc2)o1)C(=O)N1CCC(OC(F)(F)F)C1. The van der Waals surface area contributed by atoms with Crippen molar-refractivity contribution in [1.29, 1.82) is 0 Å². The molecule has 0 saturated carbocycles. The van der Waals surface area contributed by atoms with E-state index in [0.717, 1.165) is 0 Å². The highest BCUT2D eigenvalue weighted by molar-refractivity contribution is 5.84. The van der Waals surface area contributed by atoms with Gasteiger partial charge in [-0.15, -0.1) is 18.3 Å². The van der Waals surface area contributed by atoms with E-state index in [-0.39, 0.29) is 31.4 Å². The number of aromatic nitrogens is 2. The van der Waals surface area contributed by atoms with Gasteiger partial charge in [0, 0.05) is 18.7 Å². The molecule has 0 aliphatic carbocycles. The highest BCUT2D eigenvalue weighted by atomic mass is 19.4. The smallest absolute Gasteiger partial charge is 0.403 e. The molecule has 7 nitrogen and oxygen atoms in total. The largest absolute Gasteiger partial charge is 0.522 e. The first kappa shape index (κ1) is 19.1. The highest BCUT2D eigenvalue weighted by Gasteiger charge is 2.38. The van der Waals surface area contributed by atoms with Crippen LogP contribution in [0.3, 0.4) is 0 Å². The van der Waals surface area contributed by atoms with Gasteiger partial charge >= 0.3 is 12.4 Å². The van der Waals surface area contributed by atoms with Crippen LogP contribution >= 0.6 is 0 Å². The fourth-order valence-corrected chi connectivity index (χ4v) is 2.73. The summed E-state index contributed by atoms with van der Waals surface area (Å²) in [7, 11) is 0. The minimum Gasteiger partial charge on any atom is -0.403 e. The minimum absolute atomic E-state index is 0.0301. The monoisotopic (exact) mass is 388 g/mol. The molecule has 1 unspecified atom stereocenters. The van der Waals surface area contributed by atoms with Crippen LogP contribution in [0.25, 0.3) is 11.5 Å². The van der Waals surface area contributed by atoms with Crippen LogP contribution in [0.2, 0.25) is 0 Å². The highest BCUT2D eigenvalue weighted by Crippen LogP contribution is 2.25. The number of halogens is 4. The first-order valence-electron chi connectivity index (χ1n) is 8.10. The predicted octanol–water partition coefficient (Wildman–Crippen LogP) is 2.81. The zero-order valence-electron chi connectivity index (χ0n) is 14.2. The number of nitrogens with zero attached hydrogens (tertiary/aromatic N) is 3. The van der Waals surface area contributed by atoms with Crippen LogP contribution in [0.5, 0.6) is 0 Å². The van der Waals surface area contributed by atoms with Crippen LogP contribution in [0, 0.1) is 5.82 Å². The average molecular weight is 388 g/mol. The lowest BCUT2D eigenvalue weighted by atomic mass is 10.2. The summed E-state index contributed by atoms with van der Waals surface area (Å²) in [6, 6.07) is 4.59. The van der Waals surface area contributed by atoms with Crippen molar-refractivity contribution in [2.75, 3.05) is 18.4 Å². The van der Waals surface area contributed by atoms with Crippen molar-refractivity contribution in [1.82, 2.24) is 15.1 Å². The van der Waals surface area contributed by atoms with E-state index in [1.165, 1.54) is 36.1 Å². The minimum atomic E-state index is -4.73. The quantitative estimate of drug-likeness (QED) is 0.794. The number of ether oxygens (including phenoxy) is 1. The second kappa shape index (κ2) is 7.51. The molecule has 3 rings (SSSR count). The van der Waals surface area contributed by atoms with Crippen LogP contribution in [0.1, 0.15) is 13.3 Å². The molecule has 2 aromatic rings. The predicted molar refractivity (Wildman–Crippen MR) is 84.9 cm³/mol. The maximum Gasteiger partial charge on any atom is 0.522 e. The first-order valence-corrected chi connectivity index (χ1v) is 8.10. The Morgan fingerprint density at radius 1 is 1.33 bits per heavy atom. The summed E-state index contributed by atoms with van der Waals surface area (Å²) in [6.45, 7) is 1.55. The Balaban J connectivity index is 1.57. The molecule has 1 fully saturated rings. The Morgan fingerprint density at radius 3 is 2.70 bits per heavy atom. The molecule has 1 amide bonds. The molecule has 1 N–H and O–H groups in total. The van der Waals surface area contributed by atoms with E-state index < -0.39 is 30.2 Å². The van der Waals surface area contributed by atoms with Gasteiger partial charge in [0.1, 0.15) is 11.9 Å². The number of nitrogens with one attached hydrogen (secondary N) is 1. The number of rotatable bonds is 5. The van der Waals surface area contributed by atoms with Gasteiger partial charge in [0.15, 0.2) is 0 Å². The maximum absolute atomic E-state index is 12.9. The second-order valence-corrected chi connectivity index (χ2v) is 6.04. The molecule has 0 bridgehead atoms. The van der Waals surface area contributed by atoms with Crippen LogP contribution in [0.4, 0.5) is 23.6 Å². The number of amides is 1. The summed E-state index contributed by atoms with van der Waals surface area (Å²) in [5.74, 6) is -0.684. The van der Waals surface area contributed by atoms with Gasteiger partial charge in [-0.2, -0.15) is 0 Å². The lowest BCUT2D eigenvalue weighted by Crippen LogP contribution is -2.41. The van der Waals surface area contributed by atoms with E-state index in [0.29, 0.717) is 5.56 Å². The zero-order valence-corrected chi connectivity index (χ0v) is 14.2. The number of benzene rings is 1. The Hall–Kier alpha value is -2.69. The van der Waals surface area contributed by atoms with Gasteiger partial charge in [0.25, 0.3) is 0 Å². The van der Waals surface area contributed by atoms with E-state index in [4.69, 9.17) is 4.42 Å². The third-order valence-corrected chi connectivity index (χ3v) is 3.98. The molecule has 1 saturated heterocycles. The van der Waals surface area contributed by atoms with E-state index in [2.05, 4.69) is 20.3 Å². The zero-order chi connectivity index (χ0) is 19.6. The molecule has 146 valence electrons. The van der Waals surface area contributed by atoms with Gasteiger partial charge in [0.2, 0.25) is 11.8 Å². The Morgan fingerprint density at radius 2 is 2.04 bits per heavy atom. The van der Waals surface area contributed by atoms with Crippen molar-refractivity contribution in [3.63, 3.8) is 0 Å². The van der Waals surface area contributed by atoms with Crippen LogP contribution in [0.15, 0.2) is 28.7 Å². The summed E-state index contributed by atoms with van der Waals surface area (Å²) in [5.41, 5.74) is 0.502. The number of anilines is 1. The lowest BCUT2D eigenvalue weighted by molar-refractivity contribution is -0.340. The van der Waals surface area contributed by atoms with Gasteiger partial charge < -0.3 is 14.6 Å². The third kappa shape index (κ3) is 4.94. The molecule has 2 heterocycles. The Labute approximate surface area is 151 Å². The van der Waals surface area contributed by atoms with Crippen molar-refractivity contribution < 1.29 is 31.5 Å². The summed E-state index contributed by atoms with van der Waals surface area (Å²) in [6.07, 6.45) is -5.70. The van der Waals surface area contributed by atoms with Gasteiger partial charge in [-0.25, -0.2) is 4.39 Å². The topological polar surface area (TPSA) is 80.5 Å². The first-order chi connectivity index (χ1) is 12.7. The van der Waals surface area contributed by atoms with Gasteiger partial charge in [-0.05, 0) is 37.6 Å². The van der Waals surface area contributed by atoms with Crippen LogP contribution in [-0.2, 0) is 9.53 Å². The number of carbonyl (C=O) groups is 1. The molecular formula is C16H16F4N4O3. The van der Waals surface area contributed by atoms with Crippen molar-refractivity contribution in [2.24, 2.45) is 0 Å². The van der Waals surface area contributed by atoms with E-state index >= 15 is 0 Å². The molecule has 2 atom stereocenters. The molecule has 0 spiro atoms. The number of hydrogen-bond donors (Lipinski definition) is 1. The number of carbonyl (C=O) groups excluding carboxylic acids is 1. The Bertz CT molecular complexity index is 794. The molecular weight excluding hydrogens is 372 g/mol. The van der Waals surface area contributed by atoms with Crippen molar-refractivity contribution in [2.45, 2.75) is 31.9 Å². The summed E-state index contributed by atoms with van der Waals surface area (Å²) in [4.78, 5) is 13.7. The van der Waals surface area contributed by atoms with Gasteiger partial charge in [-0.3, -0.25) is 9.53 Å². The number of hydrogen-bond acceptors (Lipinski definition) is 6. The second-order valence-electron chi connectivity index (χ2n) is 6.04. The molecule has 11 heteroatoms. The van der Waals surface area contributed by atoms with Crippen molar-refractivity contribution in [3.8, 4) is 11.5 Å². The van der Waals surface area contributed by atoms with Crippen molar-refractivity contribution >= 4 is 11.9 Å². The number of alkyl halides is 3. The Kier molecular flexibility index (Phi) is 5.31. The van der Waals surface area contributed by atoms with Gasteiger partial charge in [-0.1, -0.05) is 5.10 Å². The van der Waals surface area contributed by atoms with Crippen LogP contribution in [-0.4, -0.2) is 52.6 Å². The standard InChI is InChI=1S/C16H16F4N4O3/c1-9(14(25)24-7-6-12(8-24)27-16(18,19)20)21-15-23-22-13(26-15)10-2-4-11(17)5-3-10/h2-5,9,12H,6-8H2,1H3,(H,21,23)/t9-,12?/m1/s1. The van der Waals surface area contributed by atoms with Gasteiger partial charge in [0.05, 0.1) is 6.10 Å². The summed E-state index contributed by atoms with van der Waals surface area (Å²) in [5, 5.41) is 10.3. The molecule has 0 radical (unpaired) electrons. The maximum atomic E-state index is 12.9. The average Bonchev–Trinajstić information content (AvgIpc) is 3.23. The van der Waals surface area contributed by atoms with E-state index in [9.17, 15) is 22.4 Å². The summed E-state index contributed by atoms with van der Waals surface area (Å²) < 4.78 is 59.1. The van der Waals surface area contributed by atoms with E-state index in [1.54, 1.807) is 0 Å². The molecule has 1 aromatic heterocycles. The number of likely N-dealkylation sites (tertiary alicyclic amines) is 1. The molecule has 1 aliphatic rings. The normalized spacial score (nSPS) is 18.6. The van der Waals surface area contributed by atoms with Crippen molar-refractivity contribution in [3.05, 3.63) is 30.1 Å². The summed E-state index contributed by atoms with van der Waals surface area (Å²) >= 11 is 0. The fraction of sp³-hybridized carbons (Fsp3) is 0.438. The molecule has 1 aromatic carbocycles. The lowest BCUT2D eigenvalue weighted by Gasteiger charge is -2.21.